The number of aromatic nitrogens is 2. The minimum absolute atomic E-state index is 0. The summed E-state index contributed by atoms with van der Waals surface area (Å²) in [5.41, 5.74) is 3.09. The topological polar surface area (TPSA) is 69.8 Å². The molecule has 136 valence electrons. The number of H-pyrrole nitrogens is 1. The normalized spacial score (nSPS) is 20.0. The van der Waals surface area contributed by atoms with Gasteiger partial charge >= 0.3 is 0 Å². The maximum atomic E-state index is 12.6. The lowest BCUT2D eigenvalue weighted by atomic mass is 9.92. The van der Waals surface area contributed by atoms with Crippen LogP contribution in [0.1, 0.15) is 32.3 Å². The Morgan fingerprint density at radius 2 is 2.08 bits per heavy atom. The van der Waals surface area contributed by atoms with Crippen molar-refractivity contribution in [2.24, 2.45) is 5.92 Å². The van der Waals surface area contributed by atoms with Gasteiger partial charge < -0.3 is 10.6 Å². The van der Waals surface area contributed by atoms with Gasteiger partial charge in [0.2, 0.25) is 5.91 Å². The molecule has 0 spiro atoms. The molecule has 1 aromatic carbocycles. The number of rotatable bonds is 4. The second-order valence-corrected chi connectivity index (χ2v) is 7.27. The molecular weight excluding hydrogens is 404 g/mol. The molecule has 3 N–H and O–H groups in total. The van der Waals surface area contributed by atoms with Gasteiger partial charge in [-0.3, -0.25) is 9.89 Å². The van der Waals surface area contributed by atoms with Crippen LogP contribution in [0.5, 0.6) is 0 Å². The monoisotopic (exact) mass is 426 g/mol. The SMILES string of the molecule is CCc1c(NC(=O)[C@H]2CCN[C@@H](C)C2)n[nH]c1-c1ccc(Br)cc1.Cl. The first-order valence-electron chi connectivity index (χ1n) is 8.46. The van der Waals surface area contributed by atoms with Crippen LogP contribution in [0.15, 0.2) is 28.7 Å². The van der Waals surface area contributed by atoms with E-state index in [9.17, 15) is 4.79 Å². The molecule has 1 aromatic heterocycles. The zero-order chi connectivity index (χ0) is 17.1. The second-order valence-electron chi connectivity index (χ2n) is 6.35. The molecular formula is C18H24BrClN4O. The summed E-state index contributed by atoms with van der Waals surface area (Å²) in [5, 5.41) is 13.9. The average molecular weight is 428 g/mol. The maximum Gasteiger partial charge on any atom is 0.228 e. The molecule has 0 bridgehead atoms. The van der Waals surface area contributed by atoms with Crippen LogP contribution >= 0.6 is 28.3 Å². The fourth-order valence-corrected chi connectivity index (χ4v) is 3.52. The van der Waals surface area contributed by atoms with Gasteiger partial charge in [-0.05, 0) is 50.4 Å². The Bertz CT molecular complexity index is 716. The summed E-state index contributed by atoms with van der Waals surface area (Å²) in [5.74, 6) is 0.789. The Hall–Kier alpha value is -1.37. The smallest absolute Gasteiger partial charge is 0.228 e. The summed E-state index contributed by atoms with van der Waals surface area (Å²) in [6.45, 7) is 5.09. The van der Waals surface area contributed by atoms with E-state index in [0.29, 0.717) is 11.9 Å². The average Bonchev–Trinajstić information content (AvgIpc) is 2.98. The van der Waals surface area contributed by atoms with Crippen molar-refractivity contribution in [3.8, 4) is 11.3 Å². The minimum Gasteiger partial charge on any atom is -0.314 e. The van der Waals surface area contributed by atoms with Crippen LogP contribution in [0.25, 0.3) is 11.3 Å². The number of aromatic amines is 1. The lowest BCUT2D eigenvalue weighted by Crippen LogP contribution is -2.40. The standard InChI is InChI=1S/C18H23BrN4O.ClH/c1-3-15-16(12-4-6-14(19)7-5-12)22-23-17(15)21-18(24)13-8-9-20-11(2)10-13;/h4-7,11,13,20H,3,8-10H2,1-2H3,(H2,21,22,23,24);1H/t11-,13-;/m0./s1. The molecule has 0 saturated carbocycles. The highest BCUT2D eigenvalue weighted by atomic mass is 79.9. The van der Waals surface area contributed by atoms with E-state index in [1.807, 2.05) is 24.3 Å². The third-order valence-corrected chi connectivity index (χ3v) is 5.12. The van der Waals surface area contributed by atoms with Gasteiger partial charge in [0.25, 0.3) is 0 Å². The quantitative estimate of drug-likeness (QED) is 0.686. The number of amides is 1. The fraction of sp³-hybridized carbons (Fsp3) is 0.444. The third-order valence-electron chi connectivity index (χ3n) is 4.59. The molecule has 0 radical (unpaired) electrons. The van der Waals surface area contributed by atoms with Crippen molar-refractivity contribution in [1.82, 2.24) is 15.5 Å². The number of nitrogens with zero attached hydrogens (tertiary/aromatic N) is 1. The first-order valence-corrected chi connectivity index (χ1v) is 9.25. The van der Waals surface area contributed by atoms with Crippen molar-refractivity contribution >= 4 is 40.1 Å². The number of hydrogen-bond donors (Lipinski definition) is 3. The molecule has 1 aliphatic rings. The highest BCUT2D eigenvalue weighted by Crippen LogP contribution is 2.29. The zero-order valence-electron chi connectivity index (χ0n) is 14.4. The van der Waals surface area contributed by atoms with Crippen LogP contribution in [-0.4, -0.2) is 28.7 Å². The number of hydrogen-bond acceptors (Lipinski definition) is 3. The van der Waals surface area contributed by atoms with E-state index >= 15 is 0 Å². The number of nitrogens with one attached hydrogen (secondary N) is 3. The molecule has 1 fully saturated rings. The first kappa shape index (κ1) is 19.9. The minimum atomic E-state index is 0. The Balaban J connectivity index is 0.00000225. The summed E-state index contributed by atoms with van der Waals surface area (Å²) >= 11 is 3.45. The predicted octanol–water partition coefficient (Wildman–Crippen LogP) is 4.15. The molecule has 3 rings (SSSR count). The van der Waals surface area contributed by atoms with Crippen LogP contribution in [0.2, 0.25) is 0 Å². The Kier molecular flexibility index (Phi) is 7.04. The molecule has 2 heterocycles. The van der Waals surface area contributed by atoms with E-state index in [4.69, 9.17) is 0 Å². The Morgan fingerprint density at radius 1 is 1.36 bits per heavy atom. The van der Waals surface area contributed by atoms with Crippen molar-refractivity contribution in [2.75, 3.05) is 11.9 Å². The lowest BCUT2D eigenvalue weighted by molar-refractivity contribution is -0.120. The highest BCUT2D eigenvalue weighted by molar-refractivity contribution is 9.10. The molecule has 2 atom stereocenters. The highest BCUT2D eigenvalue weighted by Gasteiger charge is 2.26. The van der Waals surface area contributed by atoms with Gasteiger partial charge in [-0.2, -0.15) is 5.10 Å². The van der Waals surface area contributed by atoms with Crippen LogP contribution < -0.4 is 10.6 Å². The number of carbonyl (C=O) groups is 1. The maximum absolute atomic E-state index is 12.6. The summed E-state index contributed by atoms with van der Waals surface area (Å²) in [6, 6.07) is 8.47. The molecule has 0 unspecified atom stereocenters. The van der Waals surface area contributed by atoms with Crippen molar-refractivity contribution in [1.29, 1.82) is 0 Å². The summed E-state index contributed by atoms with van der Waals surface area (Å²) in [6.07, 6.45) is 2.55. The third kappa shape index (κ3) is 4.63. The molecule has 7 heteroatoms. The second kappa shape index (κ2) is 8.83. The number of halogens is 2. The van der Waals surface area contributed by atoms with E-state index in [-0.39, 0.29) is 24.2 Å². The van der Waals surface area contributed by atoms with E-state index in [1.165, 1.54) is 0 Å². The van der Waals surface area contributed by atoms with Crippen LogP contribution in [0.4, 0.5) is 5.82 Å². The Labute approximate surface area is 162 Å². The molecule has 0 aliphatic carbocycles. The van der Waals surface area contributed by atoms with Gasteiger partial charge in [0.15, 0.2) is 5.82 Å². The predicted molar refractivity (Wildman–Crippen MR) is 107 cm³/mol. The molecule has 1 aliphatic heterocycles. The molecule has 2 aromatic rings. The van der Waals surface area contributed by atoms with Gasteiger partial charge in [0.05, 0.1) is 5.69 Å². The van der Waals surface area contributed by atoms with Crippen molar-refractivity contribution in [3.63, 3.8) is 0 Å². The largest absolute Gasteiger partial charge is 0.314 e. The van der Waals surface area contributed by atoms with Crippen LogP contribution in [0, 0.1) is 5.92 Å². The molecule has 1 saturated heterocycles. The Morgan fingerprint density at radius 3 is 2.72 bits per heavy atom. The van der Waals surface area contributed by atoms with Crippen molar-refractivity contribution in [2.45, 2.75) is 39.2 Å². The van der Waals surface area contributed by atoms with Crippen LogP contribution in [0.3, 0.4) is 0 Å². The lowest BCUT2D eigenvalue weighted by Gasteiger charge is -2.26. The number of anilines is 1. The number of benzene rings is 1. The molecule has 25 heavy (non-hydrogen) atoms. The van der Waals surface area contributed by atoms with Gasteiger partial charge in [-0.15, -0.1) is 12.4 Å². The summed E-state index contributed by atoms with van der Waals surface area (Å²) < 4.78 is 1.04. The van der Waals surface area contributed by atoms with E-state index in [0.717, 1.165) is 47.1 Å². The number of piperidine rings is 1. The van der Waals surface area contributed by atoms with Crippen molar-refractivity contribution in [3.05, 3.63) is 34.3 Å². The van der Waals surface area contributed by atoms with Crippen LogP contribution in [-0.2, 0) is 11.2 Å². The van der Waals surface area contributed by atoms with Gasteiger partial charge in [0, 0.05) is 22.0 Å². The van der Waals surface area contributed by atoms with E-state index < -0.39 is 0 Å². The fourth-order valence-electron chi connectivity index (χ4n) is 3.26. The first-order chi connectivity index (χ1) is 11.6. The van der Waals surface area contributed by atoms with E-state index in [2.05, 4.69) is 50.6 Å². The number of carbonyl (C=O) groups excluding carboxylic acids is 1. The van der Waals surface area contributed by atoms with Gasteiger partial charge in [0.1, 0.15) is 0 Å². The molecule has 5 nitrogen and oxygen atoms in total. The summed E-state index contributed by atoms with van der Waals surface area (Å²) in [7, 11) is 0. The van der Waals surface area contributed by atoms with Gasteiger partial charge in [-0.25, -0.2) is 0 Å². The van der Waals surface area contributed by atoms with Gasteiger partial charge in [-0.1, -0.05) is 35.0 Å². The summed E-state index contributed by atoms with van der Waals surface area (Å²) in [4.78, 5) is 12.6. The zero-order valence-corrected chi connectivity index (χ0v) is 16.8. The van der Waals surface area contributed by atoms with E-state index in [1.54, 1.807) is 0 Å². The van der Waals surface area contributed by atoms with Crippen molar-refractivity contribution < 1.29 is 4.79 Å². The molecule has 1 amide bonds.